The first-order chi connectivity index (χ1) is 11.8. The molecule has 1 amide bonds. The maximum atomic E-state index is 13.0. The summed E-state index contributed by atoms with van der Waals surface area (Å²) < 4.78 is 2.06. The summed E-state index contributed by atoms with van der Waals surface area (Å²) in [6, 6.07) is 7.20. The molecule has 5 nitrogen and oxygen atoms in total. The van der Waals surface area contributed by atoms with Crippen molar-refractivity contribution in [3.05, 3.63) is 41.7 Å². The summed E-state index contributed by atoms with van der Waals surface area (Å²) in [4.78, 5) is 13.0. The van der Waals surface area contributed by atoms with Gasteiger partial charge in [0.2, 0.25) is 5.91 Å². The first-order valence-corrected chi connectivity index (χ1v) is 9.03. The van der Waals surface area contributed by atoms with Crippen LogP contribution < -0.4 is 5.32 Å². The van der Waals surface area contributed by atoms with E-state index in [1.807, 2.05) is 19.9 Å². The van der Waals surface area contributed by atoms with Crippen molar-refractivity contribution in [2.45, 2.75) is 64.3 Å². The van der Waals surface area contributed by atoms with Gasteiger partial charge in [-0.3, -0.25) is 9.48 Å². The molecule has 1 heterocycles. The fourth-order valence-corrected chi connectivity index (χ4v) is 3.06. The predicted molar refractivity (Wildman–Crippen MR) is 99.0 cm³/mol. The highest BCUT2D eigenvalue weighted by Crippen LogP contribution is 2.44. The average molecular weight is 341 g/mol. The molecule has 1 atom stereocenters. The van der Waals surface area contributed by atoms with Gasteiger partial charge >= 0.3 is 0 Å². The summed E-state index contributed by atoms with van der Waals surface area (Å²) >= 11 is 0. The van der Waals surface area contributed by atoms with Crippen molar-refractivity contribution in [3.8, 4) is 5.75 Å². The highest BCUT2D eigenvalue weighted by molar-refractivity contribution is 5.99. The summed E-state index contributed by atoms with van der Waals surface area (Å²) in [6.45, 7) is 8.04. The maximum absolute atomic E-state index is 13.0. The normalized spacial score (nSPS) is 15.8. The smallest absolute Gasteiger partial charge is 0.234 e. The van der Waals surface area contributed by atoms with E-state index in [-0.39, 0.29) is 11.7 Å². The first-order valence-electron chi connectivity index (χ1n) is 9.03. The Kier molecular flexibility index (Phi) is 4.58. The lowest BCUT2D eigenvalue weighted by atomic mass is 9.83. The Balaban J connectivity index is 1.87. The number of hydrogen-bond donors (Lipinski definition) is 2. The van der Waals surface area contributed by atoms with Crippen molar-refractivity contribution in [1.82, 2.24) is 9.78 Å². The van der Waals surface area contributed by atoms with Crippen LogP contribution in [0.25, 0.3) is 0 Å². The molecule has 2 N–H and O–H groups in total. The summed E-state index contributed by atoms with van der Waals surface area (Å²) in [7, 11) is 0. The van der Waals surface area contributed by atoms with E-state index in [1.54, 1.807) is 24.4 Å². The summed E-state index contributed by atoms with van der Waals surface area (Å²) in [5.74, 6) is 0.570. The standard InChI is InChI=1S/C20H27N3O2/c1-5-13(2)23-18(14-9-10-14)17(12-21-23)22-19(25)20(3,4)15-7-6-8-16(24)11-15/h6-8,11-14,24H,5,9-10H2,1-4H3,(H,22,25). The molecule has 5 heteroatoms. The number of benzene rings is 1. The van der Waals surface area contributed by atoms with Crippen molar-refractivity contribution in [2.75, 3.05) is 5.32 Å². The lowest BCUT2D eigenvalue weighted by Crippen LogP contribution is -2.34. The van der Waals surface area contributed by atoms with Crippen LogP contribution in [0, 0.1) is 0 Å². The third kappa shape index (κ3) is 3.41. The third-order valence-corrected chi connectivity index (χ3v) is 5.19. The molecule has 0 radical (unpaired) electrons. The fourth-order valence-electron chi connectivity index (χ4n) is 3.06. The highest BCUT2D eigenvalue weighted by atomic mass is 16.3. The van der Waals surface area contributed by atoms with Crippen LogP contribution in [0.2, 0.25) is 0 Å². The van der Waals surface area contributed by atoms with Crippen LogP contribution in [0.5, 0.6) is 5.75 Å². The number of anilines is 1. The molecule has 25 heavy (non-hydrogen) atoms. The minimum absolute atomic E-state index is 0.0938. The van der Waals surface area contributed by atoms with Crippen LogP contribution >= 0.6 is 0 Å². The van der Waals surface area contributed by atoms with Crippen molar-refractivity contribution in [1.29, 1.82) is 0 Å². The topological polar surface area (TPSA) is 67.2 Å². The monoisotopic (exact) mass is 341 g/mol. The number of nitrogens with one attached hydrogen (secondary N) is 1. The van der Waals surface area contributed by atoms with Crippen LogP contribution in [-0.2, 0) is 10.2 Å². The number of carbonyl (C=O) groups is 1. The molecule has 1 fully saturated rings. The van der Waals surface area contributed by atoms with Gasteiger partial charge in [0, 0.05) is 12.0 Å². The van der Waals surface area contributed by atoms with Gasteiger partial charge in [0.1, 0.15) is 5.75 Å². The van der Waals surface area contributed by atoms with Gasteiger partial charge in [-0.2, -0.15) is 5.10 Å². The highest BCUT2D eigenvalue weighted by Gasteiger charge is 2.35. The molecule has 0 spiro atoms. The number of nitrogens with zero attached hydrogens (tertiary/aromatic N) is 2. The predicted octanol–water partition coefficient (Wildman–Crippen LogP) is 4.35. The van der Waals surface area contributed by atoms with E-state index in [2.05, 4.69) is 28.9 Å². The minimum atomic E-state index is -0.752. The Morgan fingerprint density at radius 3 is 2.76 bits per heavy atom. The van der Waals surface area contributed by atoms with Crippen molar-refractivity contribution < 1.29 is 9.90 Å². The molecule has 0 bridgehead atoms. The minimum Gasteiger partial charge on any atom is -0.508 e. The number of amides is 1. The lowest BCUT2D eigenvalue weighted by Gasteiger charge is -2.24. The molecule has 1 saturated carbocycles. The number of hydrogen-bond acceptors (Lipinski definition) is 3. The Morgan fingerprint density at radius 1 is 1.44 bits per heavy atom. The van der Waals surface area contributed by atoms with Crippen LogP contribution in [0.1, 0.15) is 70.2 Å². The van der Waals surface area contributed by atoms with E-state index in [0.29, 0.717) is 12.0 Å². The molecular formula is C20H27N3O2. The van der Waals surface area contributed by atoms with Crippen LogP contribution in [0.4, 0.5) is 5.69 Å². The Labute approximate surface area is 149 Å². The molecule has 1 aliphatic rings. The SMILES string of the molecule is CCC(C)n1ncc(NC(=O)C(C)(C)c2cccc(O)c2)c1C1CC1. The van der Waals surface area contributed by atoms with Crippen LogP contribution in [0.3, 0.4) is 0 Å². The van der Waals surface area contributed by atoms with Gasteiger partial charge < -0.3 is 10.4 Å². The molecule has 0 aliphatic heterocycles. The summed E-state index contributed by atoms with van der Waals surface area (Å²) in [5.41, 5.74) is 2.00. The van der Waals surface area contributed by atoms with Gasteiger partial charge in [-0.1, -0.05) is 19.1 Å². The average Bonchev–Trinajstić information content (AvgIpc) is 3.34. The van der Waals surface area contributed by atoms with Gasteiger partial charge in [-0.25, -0.2) is 0 Å². The van der Waals surface area contributed by atoms with Crippen molar-refractivity contribution in [2.24, 2.45) is 0 Å². The molecule has 134 valence electrons. The Bertz CT molecular complexity index is 775. The van der Waals surface area contributed by atoms with Gasteiger partial charge in [-0.05, 0) is 57.7 Å². The van der Waals surface area contributed by atoms with E-state index in [1.165, 1.54) is 0 Å². The van der Waals surface area contributed by atoms with Crippen LogP contribution in [0.15, 0.2) is 30.5 Å². The molecule has 2 aromatic rings. The van der Waals surface area contributed by atoms with Gasteiger partial charge in [-0.15, -0.1) is 0 Å². The molecule has 1 aliphatic carbocycles. The number of phenolic OH excluding ortho intramolecular Hbond substituents is 1. The Morgan fingerprint density at radius 2 is 2.16 bits per heavy atom. The summed E-state index contributed by atoms with van der Waals surface area (Å²) in [5, 5.41) is 17.3. The van der Waals surface area contributed by atoms with E-state index in [0.717, 1.165) is 36.2 Å². The number of aromatic hydroxyl groups is 1. The van der Waals surface area contributed by atoms with Crippen molar-refractivity contribution in [3.63, 3.8) is 0 Å². The lowest BCUT2D eigenvalue weighted by molar-refractivity contribution is -0.120. The molecule has 1 aromatic heterocycles. The van der Waals surface area contributed by atoms with Gasteiger partial charge in [0.15, 0.2) is 0 Å². The van der Waals surface area contributed by atoms with Gasteiger partial charge in [0.05, 0.1) is 23.0 Å². The Hall–Kier alpha value is -2.30. The largest absolute Gasteiger partial charge is 0.508 e. The zero-order valence-electron chi connectivity index (χ0n) is 15.4. The third-order valence-electron chi connectivity index (χ3n) is 5.19. The number of rotatable bonds is 6. The summed E-state index contributed by atoms with van der Waals surface area (Å²) in [6.07, 6.45) is 5.09. The molecule has 0 saturated heterocycles. The quantitative estimate of drug-likeness (QED) is 0.820. The molecule has 1 unspecified atom stereocenters. The van der Waals surface area contributed by atoms with E-state index in [4.69, 9.17) is 0 Å². The fraction of sp³-hybridized carbons (Fsp3) is 0.500. The maximum Gasteiger partial charge on any atom is 0.234 e. The second kappa shape index (κ2) is 6.54. The van der Waals surface area contributed by atoms with Gasteiger partial charge in [0.25, 0.3) is 0 Å². The molecule has 3 rings (SSSR count). The molecular weight excluding hydrogens is 314 g/mol. The van der Waals surface area contributed by atoms with E-state index >= 15 is 0 Å². The second-order valence-corrected chi connectivity index (χ2v) is 7.55. The molecule has 1 aromatic carbocycles. The van der Waals surface area contributed by atoms with Crippen LogP contribution in [-0.4, -0.2) is 20.8 Å². The second-order valence-electron chi connectivity index (χ2n) is 7.55. The zero-order valence-corrected chi connectivity index (χ0v) is 15.4. The van der Waals surface area contributed by atoms with Crippen molar-refractivity contribution >= 4 is 11.6 Å². The van der Waals surface area contributed by atoms with E-state index in [9.17, 15) is 9.90 Å². The number of phenols is 1. The number of carbonyl (C=O) groups excluding carboxylic acids is 1. The number of aromatic nitrogens is 2. The first kappa shape index (κ1) is 17.5. The zero-order chi connectivity index (χ0) is 18.2. The van der Waals surface area contributed by atoms with E-state index < -0.39 is 5.41 Å².